The number of methoxy groups -OCH3 is 1. The summed E-state index contributed by atoms with van der Waals surface area (Å²) in [5.74, 6) is 0.249. The number of ether oxygens (including phenoxy) is 1. The fourth-order valence-corrected chi connectivity index (χ4v) is 2.83. The number of non-ortho nitro benzene ring substituents is 1. The molecule has 2 rings (SSSR count). The summed E-state index contributed by atoms with van der Waals surface area (Å²) in [5, 5.41) is 22.1. The summed E-state index contributed by atoms with van der Waals surface area (Å²) in [6.07, 6.45) is 0. The number of halogens is 1. The Hall–Kier alpha value is -2.36. The topological polar surface area (TPSA) is 76.2 Å². The summed E-state index contributed by atoms with van der Waals surface area (Å²) < 4.78 is 5.14. The monoisotopic (exact) mass is 320 g/mol. The van der Waals surface area contributed by atoms with Crippen molar-refractivity contribution in [3.63, 3.8) is 0 Å². The molecule has 0 aliphatic carbocycles. The molecular weight excluding hydrogens is 312 g/mol. The minimum absolute atomic E-state index is 0.102. The van der Waals surface area contributed by atoms with Gasteiger partial charge in [0, 0.05) is 16.5 Å². The van der Waals surface area contributed by atoms with Gasteiger partial charge in [-0.15, -0.1) is 11.3 Å². The molecule has 1 heterocycles. The first kappa shape index (κ1) is 15.0. The molecule has 2 aromatic rings. The first-order chi connectivity index (χ1) is 10.1. The zero-order valence-corrected chi connectivity index (χ0v) is 12.4. The lowest BCUT2D eigenvalue weighted by molar-refractivity contribution is -0.384. The summed E-state index contributed by atoms with van der Waals surface area (Å²) in [4.78, 5) is 11.0. The van der Waals surface area contributed by atoms with E-state index in [1.54, 1.807) is 6.07 Å². The van der Waals surface area contributed by atoms with Gasteiger partial charge in [-0.2, -0.15) is 5.26 Å². The average molecular weight is 321 g/mol. The van der Waals surface area contributed by atoms with Crippen LogP contribution in [0.3, 0.4) is 0 Å². The molecule has 5 nitrogen and oxygen atoms in total. The fourth-order valence-electron chi connectivity index (χ4n) is 1.74. The van der Waals surface area contributed by atoms with E-state index >= 15 is 0 Å². The van der Waals surface area contributed by atoms with Crippen molar-refractivity contribution in [3.8, 4) is 11.8 Å². The second-order valence-corrected chi connectivity index (χ2v) is 5.25. The Morgan fingerprint density at radius 3 is 2.76 bits per heavy atom. The van der Waals surface area contributed by atoms with E-state index in [0.717, 1.165) is 4.88 Å². The predicted molar refractivity (Wildman–Crippen MR) is 82.2 cm³/mol. The van der Waals surface area contributed by atoms with Gasteiger partial charge < -0.3 is 4.74 Å². The average Bonchev–Trinajstić information content (AvgIpc) is 3.01. The number of allylic oxidation sites excluding steroid dienone is 1. The maximum atomic E-state index is 10.8. The minimum Gasteiger partial charge on any atom is -0.496 e. The molecule has 0 aliphatic rings. The summed E-state index contributed by atoms with van der Waals surface area (Å²) in [6, 6.07) is 9.73. The van der Waals surface area contributed by atoms with E-state index in [2.05, 4.69) is 6.07 Å². The van der Waals surface area contributed by atoms with Crippen LogP contribution in [0.15, 0.2) is 35.7 Å². The van der Waals surface area contributed by atoms with Crippen LogP contribution in [0, 0.1) is 21.4 Å². The van der Waals surface area contributed by atoms with Gasteiger partial charge in [-0.3, -0.25) is 10.1 Å². The molecule has 0 atom stereocenters. The lowest BCUT2D eigenvalue weighted by Crippen LogP contribution is -1.94. The van der Waals surface area contributed by atoms with Crippen LogP contribution in [-0.2, 0) is 0 Å². The van der Waals surface area contributed by atoms with Gasteiger partial charge in [0.25, 0.3) is 5.69 Å². The zero-order chi connectivity index (χ0) is 15.4. The number of thiophene rings is 1. The molecular formula is C14H9ClN2O3S. The normalized spacial score (nSPS) is 11.5. The van der Waals surface area contributed by atoms with Crippen LogP contribution in [0.25, 0.3) is 10.6 Å². The van der Waals surface area contributed by atoms with Crippen molar-refractivity contribution in [3.05, 3.63) is 56.3 Å². The van der Waals surface area contributed by atoms with Crippen LogP contribution in [-0.4, -0.2) is 12.0 Å². The Morgan fingerprint density at radius 2 is 2.24 bits per heavy atom. The molecule has 0 radical (unpaired) electrons. The molecule has 1 aromatic carbocycles. The molecule has 0 spiro atoms. The number of nitriles is 1. The standard InChI is InChI=1S/C14H9ClN2O3S/c1-20-12-7-9(17(18)19)4-5-10(12)14(15)11(8-16)13-3-2-6-21-13/h2-7H,1H3/b14-11+. The zero-order valence-electron chi connectivity index (χ0n) is 10.9. The number of nitro benzene ring substituents is 1. The molecule has 0 N–H and O–H groups in total. The van der Waals surface area contributed by atoms with Crippen molar-refractivity contribution in [2.45, 2.75) is 0 Å². The Morgan fingerprint density at radius 1 is 1.48 bits per heavy atom. The first-order valence-electron chi connectivity index (χ1n) is 5.75. The molecule has 21 heavy (non-hydrogen) atoms. The quantitative estimate of drug-likeness (QED) is 0.478. The van der Waals surface area contributed by atoms with Crippen molar-refractivity contribution >= 4 is 39.2 Å². The molecule has 0 fully saturated rings. The van der Waals surface area contributed by atoms with Gasteiger partial charge in [0.1, 0.15) is 11.8 Å². The highest BCUT2D eigenvalue weighted by Crippen LogP contribution is 2.37. The van der Waals surface area contributed by atoms with E-state index in [1.807, 2.05) is 11.4 Å². The second kappa shape index (κ2) is 6.39. The van der Waals surface area contributed by atoms with E-state index in [0.29, 0.717) is 11.1 Å². The molecule has 1 aromatic heterocycles. The van der Waals surface area contributed by atoms with Gasteiger partial charge >= 0.3 is 0 Å². The Bertz CT molecular complexity index is 748. The molecule has 0 aliphatic heterocycles. The number of nitrogens with zero attached hydrogens (tertiary/aromatic N) is 2. The lowest BCUT2D eigenvalue weighted by atomic mass is 10.1. The molecule has 0 saturated heterocycles. The minimum atomic E-state index is -0.519. The number of hydrogen-bond donors (Lipinski definition) is 0. The third-order valence-corrected chi connectivity index (χ3v) is 4.01. The number of rotatable bonds is 4. The lowest BCUT2D eigenvalue weighted by Gasteiger charge is -2.08. The highest BCUT2D eigenvalue weighted by Gasteiger charge is 2.17. The summed E-state index contributed by atoms with van der Waals surface area (Å²) in [5.41, 5.74) is 0.642. The van der Waals surface area contributed by atoms with Crippen molar-refractivity contribution in [1.29, 1.82) is 5.26 Å². The van der Waals surface area contributed by atoms with E-state index in [-0.39, 0.29) is 16.5 Å². The predicted octanol–water partition coefficient (Wildman–Crippen LogP) is 4.30. The fraction of sp³-hybridized carbons (Fsp3) is 0.0714. The molecule has 0 unspecified atom stereocenters. The molecule has 0 saturated carbocycles. The van der Waals surface area contributed by atoms with Crippen LogP contribution in [0.4, 0.5) is 5.69 Å². The highest BCUT2D eigenvalue weighted by atomic mass is 35.5. The van der Waals surface area contributed by atoms with Gasteiger partial charge in [0.15, 0.2) is 0 Å². The Labute approximate surface area is 129 Å². The van der Waals surface area contributed by atoms with Gasteiger partial charge in [0.05, 0.1) is 28.7 Å². The van der Waals surface area contributed by atoms with E-state index in [4.69, 9.17) is 16.3 Å². The van der Waals surface area contributed by atoms with Gasteiger partial charge in [-0.05, 0) is 17.5 Å². The first-order valence-corrected chi connectivity index (χ1v) is 7.00. The van der Waals surface area contributed by atoms with Crippen molar-refractivity contribution in [1.82, 2.24) is 0 Å². The van der Waals surface area contributed by atoms with Crippen molar-refractivity contribution in [2.75, 3.05) is 7.11 Å². The molecule has 0 amide bonds. The number of hydrogen-bond acceptors (Lipinski definition) is 5. The molecule has 106 valence electrons. The van der Waals surface area contributed by atoms with Gasteiger partial charge in [-0.25, -0.2) is 0 Å². The third-order valence-electron chi connectivity index (χ3n) is 2.73. The van der Waals surface area contributed by atoms with Crippen LogP contribution in [0.2, 0.25) is 0 Å². The molecule has 7 heteroatoms. The summed E-state index contributed by atoms with van der Waals surface area (Å²) >= 11 is 7.68. The van der Waals surface area contributed by atoms with Gasteiger partial charge in [-0.1, -0.05) is 17.7 Å². The summed E-state index contributed by atoms with van der Waals surface area (Å²) in [6.45, 7) is 0. The maximum absolute atomic E-state index is 10.8. The maximum Gasteiger partial charge on any atom is 0.273 e. The highest BCUT2D eigenvalue weighted by molar-refractivity contribution is 7.11. The van der Waals surface area contributed by atoms with E-state index in [9.17, 15) is 15.4 Å². The van der Waals surface area contributed by atoms with Crippen LogP contribution >= 0.6 is 22.9 Å². The SMILES string of the molecule is COc1cc([N+](=O)[O-])ccc1/C(Cl)=C(/C#N)c1cccs1. The second-order valence-electron chi connectivity index (χ2n) is 3.92. The van der Waals surface area contributed by atoms with Crippen LogP contribution in [0.1, 0.15) is 10.4 Å². The Kier molecular flexibility index (Phi) is 4.58. The molecule has 0 bridgehead atoms. The Balaban J connectivity index is 2.60. The van der Waals surface area contributed by atoms with Crippen LogP contribution < -0.4 is 4.74 Å². The van der Waals surface area contributed by atoms with Crippen molar-refractivity contribution in [2.24, 2.45) is 0 Å². The van der Waals surface area contributed by atoms with E-state index in [1.165, 1.54) is 36.6 Å². The smallest absolute Gasteiger partial charge is 0.273 e. The van der Waals surface area contributed by atoms with Crippen LogP contribution in [0.5, 0.6) is 5.75 Å². The van der Waals surface area contributed by atoms with Gasteiger partial charge in [0.2, 0.25) is 0 Å². The largest absolute Gasteiger partial charge is 0.496 e. The number of nitro groups is 1. The number of benzene rings is 1. The van der Waals surface area contributed by atoms with Crippen molar-refractivity contribution < 1.29 is 9.66 Å². The third kappa shape index (κ3) is 3.05. The summed E-state index contributed by atoms with van der Waals surface area (Å²) in [7, 11) is 1.39. The van der Waals surface area contributed by atoms with E-state index < -0.39 is 4.92 Å².